The van der Waals surface area contributed by atoms with Crippen LogP contribution in [0.5, 0.6) is 5.75 Å². The lowest BCUT2D eigenvalue weighted by molar-refractivity contribution is -0.119. The van der Waals surface area contributed by atoms with Gasteiger partial charge in [0.15, 0.2) is 0 Å². The van der Waals surface area contributed by atoms with E-state index < -0.39 is 10.0 Å². The third-order valence-corrected chi connectivity index (χ3v) is 5.79. The summed E-state index contributed by atoms with van der Waals surface area (Å²) in [7, 11) is -2.19. The second-order valence-corrected chi connectivity index (χ2v) is 8.94. The molecule has 1 N–H and O–H groups in total. The summed E-state index contributed by atoms with van der Waals surface area (Å²) in [5, 5.41) is 2.75. The van der Waals surface area contributed by atoms with Gasteiger partial charge in [-0.05, 0) is 36.8 Å². The van der Waals surface area contributed by atoms with E-state index in [-0.39, 0.29) is 12.5 Å². The van der Waals surface area contributed by atoms with Gasteiger partial charge in [0.05, 0.1) is 31.1 Å². The highest BCUT2D eigenvalue weighted by atomic mass is 32.2. The molecule has 0 bridgehead atoms. The molecule has 0 saturated heterocycles. The molecule has 148 valence electrons. The van der Waals surface area contributed by atoms with Crippen molar-refractivity contribution >= 4 is 33.4 Å². The van der Waals surface area contributed by atoms with E-state index in [1.54, 1.807) is 30.2 Å². The van der Waals surface area contributed by atoms with E-state index in [0.29, 0.717) is 23.7 Å². The van der Waals surface area contributed by atoms with Gasteiger partial charge >= 0.3 is 0 Å². The van der Waals surface area contributed by atoms with E-state index in [0.717, 1.165) is 27.6 Å². The zero-order valence-electron chi connectivity index (χ0n) is 15.6. The SMILES string of the molecule is COc1ccc(C)cc1N(CC(=O)NCCSCc1ccco1)S(C)(=O)=O. The molecule has 0 radical (unpaired) electrons. The van der Waals surface area contributed by atoms with Crippen LogP contribution in [0.15, 0.2) is 41.0 Å². The molecule has 2 rings (SSSR count). The van der Waals surface area contributed by atoms with Gasteiger partial charge in [0.2, 0.25) is 15.9 Å². The van der Waals surface area contributed by atoms with Crippen molar-refractivity contribution in [3.63, 3.8) is 0 Å². The Kier molecular flexibility index (Phi) is 7.61. The first-order chi connectivity index (χ1) is 12.8. The van der Waals surface area contributed by atoms with Crippen LogP contribution in [-0.2, 0) is 20.6 Å². The third-order valence-electron chi connectivity index (χ3n) is 3.68. The molecule has 0 fully saturated rings. The number of benzene rings is 1. The second-order valence-electron chi connectivity index (χ2n) is 5.93. The summed E-state index contributed by atoms with van der Waals surface area (Å²) in [6.45, 7) is 1.98. The van der Waals surface area contributed by atoms with Crippen LogP contribution >= 0.6 is 11.8 Å². The molecule has 0 aliphatic carbocycles. The van der Waals surface area contributed by atoms with Gasteiger partial charge < -0.3 is 14.5 Å². The average Bonchev–Trinajstić information content (AvgIpc) is 3.12. The maximum Gasteiger partial charge on any atom is 0.240 e. The first-order valence-corrected chi connectivity index (χ1v) is 11.3. The normalized spacial score (nSPS) is 11.2. The van der Waals surface area contributed by atoms with Gasteiger partial charge in [-0.15, -0.1) is 0 Å². The molecular weight excluding hydrogens is 388 g/mol. The average molecular weight is 413 g/mol. The number of furan rings is 1. The highest BCUT2D eigenvalue weighted by Gasteiger charge is 2.24. The van der Waals surface area contributed by atoms with E-state index >= 15 is 0 Å². The molecule has 9 heteroatoms. The fourth-order valence-electron chi connectivity index (χ4n) is 2.39. The molecule has 2 aromatic rings. The summed E-state index contributed by atoms with van der Waals surface area (Å²) in [5.41, 5.74) is 1.22. The highest BCUT2D eigenvalue weighted by molar-refractivity contribution is 7.98. The number of anilines is 1. The zero-order chi connectivity index (χ0) is 19.9. The number of hydrogen-bond donors (Lipinski definition) is 1. The summed E-state index contributed by atoms with van der Waals surface area (Å²) >= 11 is 1.62. The van der Waals surface area contributed by atoms with Gasteiger partial charge in [-0.1, -0.05) is 6.07 Å². The molecule has 27 heavy (non-hydrogen) atoms. The summed E-state index contributed by atoms with van der Waals surface area (Å²) < 4.78 is 36.0. The monoisotopic (exact) mass is 412 g/mol. The molecule has 0 saturated carbocycles. The molecule has 1 heterocycles. The van der Waals surface area contributed by atoms with Gasteiger partial charge in [0.1, 0.15) is 18.1 Å². The molecule has 0 atom stereocenters. The molecule has 1 aromatic heterocycles. The number of thioether (sulfide) groups is 1. The highest BCUT2D eigenvalue weighted by Crippen LogP contribution is 2.30. The number of ether oxygens (including phenoxy) is 1. The van der Waals surface area contributed by atoms with Crippen LogP contribution < -0.4 is 14.4 Å². The van der Waals surface area contributed by atoms with Crippen LogP contribution in [-0.4, -0.2) is 46.5 Å². The van der Waals surface area contributed by atoms with Gasteiger partial charge in [0, 0.05) is 12.3 Å². The lowest BCUT2D eigenvalue weighted by Crippen LogP contribution is -2.41. The van der Waals surface area contributed by atoms with Crippen molar-refractivity contribution in [2.45, 2.75) is 12.7 Å². The van der Waals surface area contributed by atoms with Crippen LogP contribution in [0.2, 0.25) is 0 Å². The molecule has 0 aliphatic heterocycles. The summed E-state index contributed by atoms with van der Waals surface area (Å²) in [5.74, 6) is 2.31. The fraction of sp³-hybridized carbons (Fsp3) is 0.389. The smallest absolute Gasteiger partial charge is 0.240 e. The Morgan fingerprint density at radius 1 is 1.33 bits per heavy atom. The molecule has 1 aromatic carbocycles. The maximum absolute atomic E-state index is 12.3. The number of carbonyl (C=O) groups is 1. The van der Waals surface area contributed by atoms with E-state index in [4.69, 9.17) is 9.15 Å². The van der Waals surface area contributed by atoms with Crippen molar-refractivity contribution in [2.24, 2.45) is 0 Å². The Morgan fingerprint density at radius 2 is 2.11 bits per heavy atom. The number of carbonyl (C=O) groups excluding carboxylic acids is 1. The number of nitrogens with one attached hydrogen (secondary N) is 1. The Morgan fingerprint density at radius 3 is 2.74 bits per heavy atom. The quantitative estimate of drug-likeness (QED) is 0.603. The molecule has 0 unspecified atom stereocenters. The third kappa shape index (κ3) is 6.51. The van der Waals surface area contributed by atoms with Crippen LogP contribution in [0.4, 0.5) is 5.69 Å². The van der Waals surface area contributed by atoms with Crippen LogP contribution in [0, 0.1) is 6.92 Å². The topological polar surface area (TPSA) is 88.8 Å². The number of nitrogens with zero attached hydrogens (tertiary/aromatic N) is 1. The van der Waals surface area contributed by atoms with E-state index in [1.807, 2.05) is 25.1 Å². The van der Waals surface area contributed by atoms with Crippen molar-refractivity contribution < 1.29 is 22.4 Å². The Balaban J connectivity index is 1.94. The Bertz CT molecular complexity index is 851. The summed E-state index contributed by atoms with van der Waals surface area (Å²) in [4.78, 5) is 12.3. The van der Waals surface area contributed by atoms with Crippen molar-refractivity contribution in [3.05, 3.63) is 47.9 Å². The summed E-state index contributed by atoms with van der Waals surface area (Å²) in [6.07, 6.45) is 2.69. The van der Waals surface area contributed by atoms with Gasteiger partial charge in [-0.2, -0.15) is 11.8 Å². The Labute approximate surface area is 164 Å². The molecular formula is C18H24N2O5S2. The van der Waals surface area contributed by atoms with Gasteiger partial charge in [-0.25, -0.2) is 8.42 Å². The fourth-order valence-corrected chi connectivity index (χ4v) is 4.00. The predicted molar refractivity (Wildman–Crippen MR) is 108 cm³/mol. The first-order valence-electron chi connectivity index (χ1n) is 8.30. The van der Waals surface area contributed by atoms with Crippen LogP contribution in [0.25, 0.3) is 0 Å². The first kappa shape index (κ1) is 21.2. The summed E-state index contributed by atoms with van der Waals surface area (Å²) in [6, 6.07) is 8.92. The van der Waals surface area contributed by atoms with Crippen LogP contribution in [0.1, 0.15) is 11.3 Å². The van der Waals surface area contributed by atoms with E-state index in [1.165, 1.54) is 7.11 Å². The minimum Gasteiger partial charge on any atom is -0.495 e. The lowest BCUT2D eigenvalue weighted by Gasteiger charge is -2.24. The maximum atomic E-state index is 12.3. The number of amides is 1. The number of methoxy groups -OCH3 is 1. The van der Waals surface area contributed by atoms with E-state index in [2.05, 4.69) is 5.32 Å². The molecule has 0 aliphatic rings. The predicted octanol–water partition coefficient (Wildman–Crippen LogP) is 2.41. The number of hydrogen-bond acceptors (Lipinski definition) is 6. The number of sulfonamides is 1. The largest absolute Gasteiger partial charge is 0.495 e. The zero-order valence-corrected chi connectivity index (χ0v) is 17.2. The van der Waals surface area contributed by atoms with Crippen LogP contribution in [0.3, 0.4) is 0 Å². The molecule has 1 amide bonds. The lowest BCUT2D eigenvalue weighted by atomic mass is 10.2. The minimum absolute atomic E-state index is 0.304. The number of rotatable bonds is 10. The van der Waals surface area contributed by atoms with E-state index in [9.17, 15) is 13.2 Å². The van der Waals surface area contributed by atoms with Crippen molar-refractivity contribution in [2.75, 3.05) is 36.5 Å². The van der Waals surface area contributed by atoms with Gasteiger partial charge in [0.25, 0.3) is 0 Å². The van der Waals surface area contributed by atoms with Crippen molar-refractivity contribution in [1.29, 1.82) is 0 Å². The Hall–Kier alpha value is -2.13. The standard InChI is InChI=1S/C18H24N2O5S2/c1-14-6-7-17(24-2)16(11-14)20(27(3,22)23)12-18(21)19-8-10-26-13-15-5-4-9-25-15/h4-7,9,11H,8,10,12-13H2,1-3H3,(H,19,21). The van der Waals surface area contributed by atoms with Gasteiger partial charge in [-0.3, -0.25) is 9.10 Å². The molecule has 0 spiro atoms. The molecule has 7 nitrogen and oxygen atoms in total. The van der Waals surface area contributed by atoms with Crippen molar-refractivity contribution in [3.8, 4) is 5.75 Å². The second kappa shape index (κ2) is 9.70. The van der Waals surface area contributed by atoms with Crippen molar-refractivity contribution in [1.82, 2.24) is 5.32 Å². The minimum atomic E-state index is -3.65. The number of aryl methyl sites for hydroxylation is 1.